The molecule has 142 valence electrons. The van der Waals surface area contributed by atoms with Crippen LogP contribution in [0.5, 0.6) is 5.75 Å². The van der Waals surface area contributed by atoms with Gasteiger partial charge in [0.05, 0.1) is 23.3 Å². The van der Waals surface area contributed by atoms with Gasteiger partial charge in [-0.1, -0.05) is 23.9 Å². The first-order valence-electron chi connectivity index (χ1n) is 8.24. The van der Waals surface area contributed by atoms with Gasteiger partial charge in [-0.3, -0.25) is 14.9 Å². The van der Waals surface area contributed by atoms with E-state index in [4.69, 9.17) is 10.5 Å². The third-order valence-corrected chi connectivity index (χ3v) is 4.96. The van der Waals surface area contributed by atoms with Crippen LogP contribution in [-0.4, -0.2) is 17.9 Å². The highest BCUT2D eigenvalue weighted by molar-refractivity contribution is 7.99. The molecule has 0 unspecified atom stereocenters. The number of rotatable bonds is 6. The molecular weight excluding hydrogens is 378 g/mol. The summed E-state index contributed by atoms with van der Waals surface area (Å²) in [6, 6.07) is 18.3. The molecule has 8 heteroatoms. The Labute approximate surface area is 165 Å². The van der Waals surface area contributed by atoms with Gasteiger partial charge in [-0.25, -0.2) is 0 Å². The number of para-hydroxylation sites is 2. The molecule has 0 aliphatic heterocycles. The van der Waals surface area contributed by atoms with Crippen molar-refractivity contribution in [1.29, 1.82) is 0 Å². The number of nitrogen functional groups attached to an aromatic ring is 1. The van der Waals surface area contributed by atoms with Crippen LogP contribution in [0.2, 0.25) is 0 Å². The first kappa shape index (κ1) is 19.2. The Morgan fingerprint density at radius 3 is 2.50 bits per heavy atom. The van der Waals surface area contributed by atoms with Crippen LogP contribution in [0.4, 0.5) is 17.1 Å². The van der Waals surface area contributed by atoms with Gasteiger partial charge in [0.15, 0.2) is 0 Å². The monoisotopic (exact) mass is 395 g/mol. The summed E-state index contributed by atoms with van der Waals surface area (Å²) < 4.78 is 5.26. The molecule has 0 fully saturated rings. The summed E-state index contributed by atoms with van der Waals surface area (Å²) in [5.74, 6) is 0.213. The van der Waals surface area contributed by atoms with Crippen molar-refractivity contribution in [3.63, 3.8) is 0 Å². The maximum absolute atomic E-state index is 12.9. The Morgan fingerprint density at radius 2 is 1.82 bits per heavy atom. The molecule has 3 rings (SSSR count). The van der Waals surface area contributed by atoms with Crippen LogP contribution in [0, 0.1) is 10.1 Å². The van der Waals surface area contributed by atoms with Crippen LogP contribution < -0.4 is 15.8 Å². The van der Waals surface area contributed by atoms with E-state index in [9.17, 15) is 14.9 Å². The number of nitrogens with zero attached hydrogens (tertiary/aromatic N) is 1. The number of hydrogen-bond acceptors (Lipinski definition) is 6. The van der Waals surface area contributed by atoms with Gasteiger partial charge in [0, 0.05) is 27.6 Å². The first-order valence-corrected chi connectivity index (χ1v) is 9.06. The van der Waals surface area contributed by atoms with Gasteiger partial charge in [0.1, 0.15) is 5.75 Å². The lowest BCUT2D eigenvalue weighted by atomic mass is 10.2. The molecule has 0 radical (unpaired) electrons. The number of hydrogen-bond donors (Lipinski definition) is 2. The van der Waals surface area contributed by atoms with E-state index in [1.54, 1.807) is 48.5 Å². The zero-order valence-corrected chi connectivity index (χ0v) is 15.7. The Balaban J connectivity index is 1.87. The molecule has 0 saturated heterocycles. The number of amides is 1. The van der Waals surface area contributed by atoms with Crippen molar-refractivity contribution < 1.29 is 14.5 Å². The van der Waals surface area contributed by atoms with Crippen LogP contribution in [0.25, 0.3) is 0 Å². The van der Waals surface area contributed by atoms with E-state index in [1.165, 1.54) is 31.0 Å². The Kier molecular flexibility index (Phi) is 5.81. The van der Waals surface area contributed by atoms with Gasteiger partial charge < -0.3 is 15.8 Å². The molecular formula is C20H17N3O4S. The molecule has 3 aromatic rings. The number of anilines is 2. The van der Waals surface area contributed by atoms with E-state index in [2.05, 4.69) is 5.32 Å². The van der Waals surface area contributed by atoms with Gasteiger partial charge in [-0.2, -0.15) is 0 Å². The van der Waals surface area contributed by atoms with E-state index in [-0.39, 0.29) is 11.6 Å². The topological polar surface area (TPSA) is 107 Å². The SMILES string of the molecule is COc1ccccc1NC(=O)c1cc(N)ccc1Sc1ccc([N+](=O)[O-])cc1. The highest BCUT2D eigenvalue weighted by Crippen LogP contribution is 2.33. The Morgan fingerprint density at radius 1 is 1.11 bits per heavy atom. The largest absolute Gasteiger partial charge is 0.495 e. The lowest BCUT2D eigenvalue weighted by Crippen LogP contribution is -2.14. The van der Waals surface area contributed by atoms with E-state index < -0.39 is 4.92 Å². The fraction of sp³-hybridized carbons (Fsp3) is 0.0500. The average Bonchev–Trinajstić information content (AvgIpc) is 2.70. The number of nitro benzene ring substituents is 1. The van der Waals surface area contributed by atoms with Crippen molar-refractivity contribution in [3.8, 4) is 5.75 Å². The minimum Gasteiger partial charge on any atom is -0.495 e. The standard InChI is InChI=1S/C20H17N3O4S/c1-27-18-5-3-2-4-17(18)22-20(24)16-12-13(21)6-11-19(16)28-15-9-7-14(8-10-15)23(25)26/h2-12H,21H2,1H3,(H,22,24). The van der Waals surface area contributed by atoms with Crippen molar-refractivity contribution in [2.75, 3.05) is 18.2 Å². The quantitative estimate of drug-likeness (QED) is 0.359. The molecule has 0 bridgehead atoms. The number of carbonyl (C=O) groups excluding carboxylic acids is 1. The molecule has 3 N–H and O–H groups in total. The van der Waals surface area contributed by atoms with Crippen molar-refractivity contribution in [2.24, 2.45) is 0 Å². The van der Waals surface area contributed by atoms with Gasteiger partial charge in [-0.15, -0.1) is 0 Å². The summed E-state index contributed by atoms with van der Waals surface area (Å²) in [5, 5.41) is 13.6. The Hall–Kier alpha value is -3.52. The molecule has 1 amide bonds. The van der Waals surface area contributed by atoms with Crippen molar-refractivity contribution in [2.45, 2.75) is 9.79 Å². The zero-order valence-electron chi connectivity index (χ0n) is 14.9. The summed E-state index contributed by atoms with van der Waals surface area (Å²) in [4.78, 5) is 24.7. The third kappa shape index (κ3) is 4.41. The maximum atomic E-state index is 12.9. The third-order valence-electron chi connectivity index (χ3n) is 3.88. The number of nitrogens with one attached hydrogen (secondary N) is 1. The average molecular weight is 395 g/mol. The summed E-state index contributed by atoms with van der Waals surface area (Å²) >= 11 is 1.32. The number of methoxy groups -OCH3 is 1. The van der Waals surface area contributed by atoms with Crippen LogP contribution in [0.3, 0.4) is 0 Å². The number of non-ortho nitro benzene ring substituents is 1. The maximum Gasteiger partial charge on any atom is 0.269 e. The van der Waals surface area contributed by atoms with Gasteiger partial charge in [0.2, 0.25) is 0 Å². The van der Waals surface area contributed by atoms with Crippen molar-refractivity contribution in [3.05, 3.63) is 82.4 Å². The van der Waals surface area contributed by atoms with Gasteiger partial charge in [0.25, 0.3) is 11.6 Å². The van der Waals surface area contributed by atoms with Gasteiger partial charge in [-0.05, 0) is 42.5 Å². The molecule has 7 nitrogen and oxygen atoms in total. The summed E-state index contributed by atoms with van der Waals surface area (Å²) in [5.41, 5.74) is 7.28. The summed E-state index contributed by atoms with van der Waals surface area (Å²) in [7, 11) is 1.53. The predicted octanol–water partition coefficient (Wildman–Crippen LogP) is 4.59. The van der Waals surface area contributed by atoms with Crippen LogP contribution in [0.1, 0.15) is 10.4 Å². The normalized spacial score (nSPS) is 10.3. The lowest BCUT2D eigenvalue weighted by molar-refractivity contribution is -0.384. The highest BCUT2D eigenvalue weighted by Gasteiger charge is 2.16. The second-order valence-corrected chi connectivity index (χ2v) is 6.88. The van der Waals surface area contributed by atoms with E-state index in [1.807, 2.05) is 6.07 Å². The van der Waals surface area contributed by atoms with Crippen LogP contribution in [-0.2, 0) is 0 Å². The summed E-state index contributed by atoms with van der Waals surface area (Å²) in [6.45, 7) is 0. The van der Waals surface area contributed by atoms with E-state index in [0.29, 0.717) is 27.6 Å². The number of benzene rings is 3. The fourth-order valence-electron chi connectivity index (χ4n) is 2.51. The number of nitro groups is 1. The molecule has 0 spiro atoms. The van der Waals surface area contributed by atoms with Crippen molar-refractivity contribution >= 4 is 34.7 Å². The number of nitrogens with two attached hydrogens (primary N) is 1. The highest BCUT2D eigenvalue weighted by atomic mass is 32.2. The number of ether oxygens (including phenoxy) is 1. The number of carbonyl (C=O) groups is 1. The molecule has 0 heterocycles. The van der Waals surface area contributed by atoms with E-state index >= 15 is 0 Å². The fourth-order valence-corrected chi connectivity index (χ4v) is 3.44. The molecule has 3 aromatic carbocycles. The second-order valence-electron chi connectivity index (χ2n) is 5.76. The predicted molar refractivity (Wildman–Crippen MR) is 109 cm³/mol. The van der Waals surface area contributed by atoms with E-state index in [0.717, 1.165) is 4.90 Å². The molecule has 0 aliphatic rings. The zero-order chi connectivity index (χ0) is 20.1. The first-order chi connectivity index (χ1) is 13.5. The van der Waals surface area contributed by atoms with Crippen molar-refractivity contribution in [1.82, 2.24) is 0 Å². The smallest absolute Gasteiger partial charge is 0.269 e. The minimum atomic E-state index is -0.455. The second kappa shape index (κ2) is 8.45. The van der Waals surface area contributed by atoms with Crippen LogP contribution in [0.15, 0.2) is 76.5 Å². The summed E-state index contributed by atoms with van der Waals surface area (Å²) in [6.07, 6.45) is 0. The van der Waals surface area contributed by atoms with Crippen LogP contribution >= 0.6 is 11.8 Å². The molecule has 28 heavy (non-hydrogen) atoms. The molecule has 0 aromatic heterocycles. The molecule has 0 aliphatic carbocycles. The molecule has 0 atom stereocenters. The molecule has 0 saturated carbocycles. The Bertz CT molecular complexity index is 1020. The van der Waals surface area contributed by atoms with Gasteiger partial charge >= 0.3 is 0 Å². The minimum absolute atomic E-state index is 0.01000. The lowest BCUT2D eigenvalue weighted by Gasteiger charge is -2.13.